The molecule has 0 heterocycles. The van der Waals surface area contributed by atoms with Crippen molar-refractivity contribution in [1.82, 2.24) is 0 Å². The molecule has 9 heavy (non-hydrogen) atoms. The third kappa shape index (κ3) is 0.778. The zero-order chi connectivity index (χ0) is 6.32. The first-order valence-electron chi connectivity index (χ1n) is 3.60. The summed E-state index contributed by atoms with van der Waals surface area (Å²) in [7, 11) is 0. The molecule has 0 aromatic rings. The van der Waals surface area contributed by atoms with E-state index >= 15 is 0 Å². The van der Waals surface area contributed by atoms with Crippen LogP contribution in [0, 0.1) is 11.3 Å². The lowest BCUT2D eigenvalue weighted by Gasteiger charge is -2.18. The third-order valence-corrected chi connectivity index (χ3v) is 3.79. The van der Waals surface area contributed by atoms with Crippen LogP contribution in [0.4, 0.5) is 0 Å². The predicted molar refractivity (Wildman–Crippen MR) is 42.7 cm³/mol. The van der Waals surface area contributed by atoms with Gasteiger partial charge >= 0.3 is 0 Å². The Balaban J connectivity index is 2.23. The lowest BCUT2D eigenvalue weighted by atomic mass is 9.91. The van der Waals surface area contributed by atoms with Crippen LogP contribution in [0.25, 0.3) is 0 Å². The Morgan fingerprint density at radius 2 is 2.56 bits per heavy atom. The Bertz CT molecular complexity index is 151. The van der Waals surface area contributed by atoms with Gasteiger partial charge < -0.3 is 0 Å². The predicted octanol–water partition coefficient (Wildman–Crippen LogP) is 2.74. The Morgan fingerprint density at radius 3 is 2.78 bits per heavy atom. The van der Waals surface area contributed by atoms with Crippen LogP contribution in [-0.4, -0.2) is 5.33 Å². The average molecular weight is 187 g/mol. The molecule has 0 spiro atoms. The molecular weight excluding hydrogens is 176 g/mol. The van der Waals surface area contributed by atoms with Crippen molar-refractivity contribution in [3.8, 4) is 0 Å². The van der Waals surface area contributed by atoms with Crippen molar-refractivity contribution in [3.63, 3.8) is 0 Å². The number of alkyl halides is 1. The molecule has 2 atom stereocenters. The van der Waals surface area contributed by atoms with Crippen molar-refractivity contribution in [2.24, 2.45) is 11.3 Å². The largest absolute Gasteiger partial charge is 0.0919 e. The first kappa shape index (κ1) is 5.96. The van der Waals surface area contributed by atoms with Gasteiger partial charge in [0.2, 0.25) is 0 Å². The Hall–Kier alpha value is 0.220. The number of halogens is 1. The second-order valence-corrected chi connectivity index (χ2v) is 3.92. The monoisotopic (exact) mass is 186 g/mol. The summed E-state index contributed by atoms with van der Waals surface area (Å²) >= 11 is 3.57. The number of fused-ring (bicyclic) bond motifs is 2. The van der Waals surface area contributed by atoms with E-state index in [4.69, 9.17) is 0 Å². The van der Waals surface area contributed by atoms with Crippen LogP contribution in [0.3, 0.4) is 0 Å². The molecule has 2 bridgehead atoms. The average Bonchev–Trinajstić information content (AvgIpc) is 2.46. The highest BCUT2D eigenvalue weighted by Crippen LogP contribution is 2.49. The highest BCUT2D eigenvalue weighted by Gasteiger charge is 2.39. The maximum absolute atomic E-state index is 3.57. The Kier molecular flexibility index (Phi) is 1.23. The molecule has 0 saturated heterocycles. The molecule has 0 radical (unpaired) electrons. The van der Waals surface area contributed by atoms with E-state index in [9.17, 15) is 0 Å². The summed E-state index contributed by atoms with van der Waals surface area (Å²) in [6, 6.07) is 0. The highest BCUT2D eigenvalue weighted by atomic mass is 79.9. The smallest absolute Gasteiger partial charge is 0.0123 e. The molecular formula is C8H11Br. The summed E-state index contributed by atoms with van der Waals surface area (Å²) in [6.07, 6.45) is 9.07. The molecule has 0 amide bonds. The Labute approximate surface area is 64.5 Å². The molecule has 2 aliphatic rings. The van der Waals surface area contributed by atoms with Gasteiger partial charge in [0.05, 0.1) is 0 Å². The number of rotatable bonds is 1. The van der Waals surface area contributed by atoms with Gasteiger partial charge in [0.25, 0.3) is 0 Å². The lowest BCUT2D eigenvalue weighted by Crippen LogP contribution is -2.12. The molecule has 50 valence electrons. The van der Waals surface area contributed by atoms with E-state index in [-0.39, 0.29) is 0 Å². The lowest BCUT2D eigenvalue weighted by molar-refractivity contribution is 0.469. The van der Waals surface area contributed by atoms with Crippen LogP contribution >= 0.6 is 15.9 Å². The molecule has 0 aliphatic heterocycles. The van der Waals surface area contributed by atoms with Crippen LogP contribution in [0.5, 0.6) is 0 Å². The maximum Gasteiger partial charge on any atom is 0.0123 e. The Morgan fingerprint density at radius 1 is 1.67 bits per heavy atom. The van der Waals surface area contributed by atoms with E-state index in [2.05, 4.69) is 28.1 Å². The molecule has 1 heteroatoms. The van der Waals surface area contributed by atoms with Gasteiger partial charge in [-0.1, -0.05) is 28.1 Å². The minimum absolute atomic E-state index is 0.588. The van der Waals surface area contributed by atoms with Crippen LogP contribution < -0.4 is 0 Å². The second kappa shape index (κ2) is 1.85. The number of hydrogen-bond acceptors (Lipinski definition) is 0. The van der Waals surface area contributed by atoms with Gasteiger partial charge in [-0.3, -0.25) is 0 Å². The standard InChI is InChI=1S/C8H11Br/c9-6-8-3-1-7(5-8)2-4-8/h1,3,7H,2,4-6H2. The zero-order valence-corrected chi connectivity index (χ0v) is 7.02. The summed E-state index contributed by atoms with van der Waals surface area (Å²) in [6.45, 7) is 0. The molecule has 0 N–H and O–H groups in total. The van der Waals surface area contributed by atoms with Gasteiger partial charge in [0.15, 0.2) is 0 Å². The van der Waals surface area contributed by atoms with E-state index in [1.807, 2.05) is 0 Å². The van der Waals surface area contributed by atoms with E-state index in [1.165, 1.54) is 24.6 Å². The molecule has 2 rings (SSSR count). The van der Waals surface area contributed by atoms with Crippen molar-refractivity contribution in [1.29, 1.82) is 0 Å². The van der Waals surface area contributed by atoms with E-state index < -0.39 is 0 Å². The molecule has 2 unspecified atom stereocenters. The fourth-order valence-corrected chi connectivity index (χ4v) is 2.72. The normalized spacial score (nSPS) is 46.6. The van der Waals surface area contributed by atoms with E-state index in [1.54, 1.807) is 0 Å². The molecule has 1 saturated carbocycles. The molecule has 0 aromatic heterocycles. The molecule has 2 aliphatic carbocycles. The molecule has 0 nitrogen and oxygen atoms in total. The topological polar surface area (TPSA) is 0 Å². The fraction of sp³-hybridized carbons (Fsp3) is 0.750. The summed E-state index contributed by atoms with van der Waals surface area (Å²) in [5.41, 5.74) is 0.588. The summed E-state index contributed by atoms with van der Waals surface area (Å²) in [5, 5.41) is 1.17. The van der Waals surface area contributed by atoms with Gasteiger partial charge in [-0.05, 0) is 30.6 Å². The summed E-state index contributed by atoms with van der Waals surface area (Å²) < 4.78 is 0. The van der Waals surface area contributed by atoms with Gasteiger partial charge in [0.1, 0.15) is 0 Å². The van der Waals surface area contributed by atoms with Crippen molar-refractivity contribution < 1.29 is 0 Å². The van der Waals surface area contributed by atoms with Crippen molar-refractivity contribution in [2.45, 2.75) is 19.3 Å². The van der Waals surface area contributed by atoms with E-state index in [0.29, 0.717) is 5.41 Å². The third-order valence-electron chi connectivity index (χ3n) is 2.67. The quantitative estimate of drug-likeness (QED) is 0.437. The van der Waals surface area contributed by atoms with Gasteiger partial charge in [-0.25, -0.2) is 0 Å². The first-order chi connectivity index (χ1) is 4.35. The fourth-order valence-electron chi connectivity index (χ4n) is 2.02. The van der Waals surface area contributed by atoms with Crippen LogP contribution in [0.15, 0.2) is 12.2 Å². The first-order valence-corrected chi connectivity index (χ1v) is 4.72. The van der Waals surface area contributed by atoms with Crippen LogP contribution in [-0.2, 0) is 0 Å². The van der Waals surface area contributed by atoms with Crippen LogP contribution in [0.2, 0.25) is 0 Å². The number of allylic oxidation sites excluding steroid dienone is 2. The SMILES string of the molecule is BrCC12C=CC(CC1)C2. The molecule has 1 fully saturated rings. The maximum atomic E-state index is 3.57. The van der Waals surface area contributed by atoms with Crippen LogP contribution in [0.1, 0.15) is 19.3 Å². The highest BCUT2D eigenvalue weighted by molar-refractivity contribution is 9.09. The minimum Gasteiger partial charge on any atom is -0.0919 e. The summed E-state index contributed by atoms with van der Waals surface area (Å²) in [5.74, 6) is 0.933. The minimum atomic E-state index is 0.588. The summed E-state index contributed by atoms with van der Waals surface area (Å²) in [4.78, 5) is 0. The van der Waals surface area contributed by atoms with Gasteiger partial charge in [0, 0.05) is 5.33 Å². The van der Waals surface area contributed by atoms with Crippen molar-refractivity contribution >= 4 is 15.9 Å². The zero-order valence-electron chi connectivity index (χ0n) is 5.44. The van der Waals surface area contributed by atoms with Gasteiger partial charge in [-0.2, -0.15) is 0 Å². The van der Waals surface area contributed by atoms with Crippen molar-refractivity contribution in [2.75, 3.05) is 5.33 Å². The van der Waals surface area contributed by atoms with E-state index in [0.717, 1.165) is 5.92 Å². The van der Waals surface area contributed by atoms with Gasteiger partial charge in [-0.15, -0.1) is 0 Å². The number of hydrogen-bond donors (Lipinski definition) is 0. The van der Waals surface area contributed by atoms with Crippen molar-refractivity contribution in [3.05, 3.63) is 12.2 Å². The second-order valence-electron chi connectivity index (χ2n) is 3.36. The molecule has 0 aromatic carbocycles.